The number of hydrogen-bond acceptors (Lipinski definition) is 0. The van der Waals surface area contributed by atoms with E-state index in [1.807, 2.05) is 0 Å². The van der Waals surface area contributed by atoms with Crippen LogP contribution in [0.4, 0.5) is 0 Å². The van der Waals surface area contributed by atoms with Crippen LogP contribution in [0.2, 0.25) is 0 Å². The fraction of sp³-hybridized carbons (Fsp3) is 0. The summed E-state index contributed by atoms with van der Waals surface area (Å²) in [5, 5.41) is 0. The van der Waals surface area contributed by atoms with Crippen molar-refractivity contribution in [3.8, 4) is 0 Å². The van der Waals surface area contributed by atoms with Gasteiger partial charge in [0.05, 0.1) is 2.25 Å². The van der Waals surface area contributed by atoms with E-state index in [4.69, 9.17) is 2.25 Å². The molecule has 0 aliphatic rings. The maximum atomic E-state index is 5.44. The van der Waals surface area contributed by atoms with Crippen molar-refractivity contribution >= 4 is 66.4 Å². The molecule has 4 unspecified atom stereocenters. The molecule has 0 aliphatic heterocycles. The molecule has 0 aromatic rings. The van der Waals surface area contributed by atoms with Crippen LogP contribution in [0.1, 0.15) is 2.85 Å². The maximum absolute atomic E-state index is 5.44. The molecule has 0 amide bonds. The molecule has 4 atom stereocenters. The third-order valence-electron chi connectivity index (χ3n) is 0. The van der Waals surface area contributed by atoms with Crippen LogP contribution in [0.5, 0.6) is 0 Å². The van der Waals surface area contributed by atoms with Gasteiger partial charge in [-0.25, -0.2) is 0 Å². The van der Waals surface area contributed by atoms with Crippen molar-refractivity contribution in [3.05, 3.63) is 0 Å². The van der Waals surface area contributed by atoms with Crippen molar-refractivity contribution in [3.63, 3.8) is 0 Å². The minimum atomic E-state index is 0. The van der Waals surface area contributed by atoms with Crippen LogP contribution in [-0.2, 0) is 0 Å². The topological polar surface area (TPSA) is 0 Å². The second-order valence-corrected chi connectivity index (χ2v) is 0. The molecule has 52 valence electrons. The predicted octanol–water partition coefficient (Wildman–Crippen LogP) is -5.31. The minimum absolute atomic E-state index is 0. The average molecular weight is 286 g/mol. The fourth-order valence-corrected chi connectivity index (χ4v) is 0. The molecule has 0 fully saturated rings. The third-order valence-corrected chi connectivity index (χ3v) is 0. The summed E-state index contributed by atoms with van der Waals surface area (Å²) in [7, 11) is 0. The van der Waals surface area contributed by atoms with Crippen molar-refractivity contribution in [2.75, 3.05) is 0 Å². The fourth-order valence-electron chi connectivity index (χ4n) is 0. The maximum Gasteiger partial charge on any atom is 1.00 e. The Labute approximate surface area is 170 Å². The van der Waals surface area contributed by atoms with Gasteiger partial charge in [-0.3, -0.25) is 0 Å². The zero-order valence-corrected chi connectivity index (χ0v) is 19.4. The van der Waals surface area contributed by atoms with Crippen molar-refractivity contribution in [1.82, 2.24) is 0 Å². The Hall–Kier alpha value is 5.69. The Balaban J connectivity index is -0.000000000500. The second-order valence-electron chi connectivity index (χ2n) is 0. The van der Waals surface area contributed by atoms with E-state index in [9.17, 15) is 0 Å². The van der Waals surface area contributed by atoms with E-state index in [2.05, 4.69) is 26.8 Å². The summed E-state index contributed by atoms with van der Waals surface area (Å²) in [5.74, 6) is 0. The van der Waals surface area contributed by atoms with Gasteiger partial charge in [-0.2, -0.15) is 66.4 Å². The monoisotopic (exact) mass is 286 g/mol. The van der Waals surface area contributed by atoms with Gasteiger partial charge >= 0.3 is 103 Å². The van der Waals surface area contributed by atoms with E-state index in [0.717, 1.165) is 0 Å². The van der Waals surface area contributed by atoms with Crippen LogP contribution in [-0.4, -0.2) is 2.25 Å². The van der Waals surface area contributed by atoms with Crippen LogP contribution in [0.15, 0.2) is 0 Å². The zero-order chi connectivity index (χ0) is 4.00. The first-order valence-electron chi connectivity index (χ1n) is 0.894. The molecule has 8 heteroatoms. The molecular formula is H18K2P4S2. The Bertz CT molecular complexity index is 23.0. The van der Waals surface area contributed by atoms with Gasteiger partial charge in [-0.1, -0.05) is 0 Å². The van der Waals surface area contributed by atoms with Gasteiger partial charge in [0.25, 0.3) is 0 Å². The van der Waals surface area contributed by atoms with Crippen molar-refractivity contribution < 1.29 is 106 Å². The quantitative estimate of drug-likeness (QED) is 0.308. The van der Waals surface area contributed by atoms with Crippen LogP contribution in [0, 0.1) is 0 Å². The first-order chi connectivity index (χ1) is 2.00. The number of hydrogen-bond donors (Lipinski definition) is 0. The van der Waals surface area contributed by atoms with Gasteiger partial charge in [0.1, 0.15) is 0 Å². The molecular weight excluding hydrogens is 266 g/mol. The van der Waals surface area contributed by atoms with E-state index >= 15 is 0 Å². The Kier molecular flexibility index (Phi) is 250. The number of rotatable bonds is 0. The normalized spacial score (nSPS) is 1.75. The molecule has 0 heterocycles. The van der Waals surface area contributed by atoms with Gasteiger partial charge < -0.3 is 2.85 Å². The molecule has 0 aromatic heterocycles. The zero-order valence-electron chi connectivity index (χ0n) is 9.72. The van der Waals surface area contributed by atoms with Gasteiger partial charge in [-0.05, 0) is 0 Å². The van der Waals surface area contributed by atoms with Crippen LogP contribution in [0.25, 0.3) is 0 Å². The summed E-state index contributed by atoms with van der Waals surface area (Å²) in [6, 6.07) is 0. The predicted molar refractivity (Wildman–Crippen MR) is 67.4 cm³/mol. The Morgan fingerprint density at radius 2 is 0.750 bits per heavy atom. The summed E-state index contributed by atoms with van der Waals surface area (Å²) in [6.07, 6.45) is 0. The summed E-state index contributed by atoms with van der Waals surface area (Å²) in [5.41, 5.74) is 0. The smallest absolute Gasteiger partial charge is 1.00 e. The Morgan fingerprint density at radius 1 is 0.750 bits per heavy atom. The van der Waals surface area contributed by atoms with Gasteiger partial charge in [0.2, 0.25) is 0 Å². The molecule has 0 saturated carbocycles. The van der Waals surface area contributed by atoms with Crippen molar-refractivity contribution in [1.29, 1.82) is 2.25 Å². The van der Waals surface area contributed by atoms with E-state index in [0.29, 0.717) is 0 Å². The molecule has 0 aliphatic carbocycles. The third kappa shape index (κ3) is 41.3. The average Bonchev–Trinajstić information content (AvgIpc) is 1.50. The van der Waals surface area contributed by atoms with E-state index in [1.165, 1.54) is 0 Å². The molecule has 0 nitrogen and oxygen atoms in total. The molecule has 0 bridgehead atoms. The van der Waals surface area contributed by atoms with Crippen LogP contribution >= 0.6 is 66.4 Å². The van der Waals surface area contributed by atoms with E-state index in [-0.39, 0.29) is 145 Å². The van der Waals surface area contributed by atoms with Gasteiger partial charge in [0, 0.05) is 0 Å². The van der Waals surface area contributed by atoms with Gasteiger partial charge in [0.15, 0.2) is 0 Å². The molecule has 0 spiro atoms. The molecule has 0 N–H and O–H groups in total. The van der Waals surface area contributed by atoms with Crippen LogP contribution in [0.3, 0.4) is 0 Å². The summed E-state index contributed by atoms with van der Waals surface area (Å²) >= 11 is 5.56. The van der Waals surface area contributed by atoms with Crippen LogP contribution < -0.4 is 103 Å². The minimum Gasteiger partial charge on any atom is -1.00 e. The second kappa shape index (κ2) is 53.5. The standard InChI is InChI=1S/2K.4H3P.2H2S.2H/h;;4*1H3;2*1H2;;/q2*+1;;;;;;;2*-1/i/hD2. The first-order valence-corrected chi connectivity index (χ1v) is 0. The van der Waals surface area contributed by atoms with Crippen molar-refractivity contribution in [2.24, 2.45) is 0 Å². The van der Waals surface area contributed by atoms with Gasteiger partial charge in [-0.15, -0.1) is 0 Å². The van der Waals surface area contributed by atoms with E-state index in [1.54, 1.807) is 0 Å². The molecule has 0 saturated heterocycles. The van der Waals surface area contributed by atoms with Crippen molar-refractivity contribution in [2.45, 2.75) is 0 Å². The summed E-state index contributed by atoms with van der Waals surface area (Å²) in [6.45, 7) is 0. The molecule has 0 aromatic carbocycles. The summed E-state index contributed by atoms with van der Waals surface area (Å²) < 4.78 is 10.9. The summed E-state index contributed by atoms with van der Waals surface area (Å²) in [4.78, 5) is 0. The van der Waals surface area contributed by atoms with E-state index < -0.39 is 0 Å². The molecule has 0 rings (SSSR count). The Morgan fingerprint density at radius 3 is 0.750 bits per heavy atom. The molecule has 8 heavy (non-hydrogen) atoms. The first kappa shape index (κ1) is 37.3. The SMILES string of the molecule is P.P.P.P.[2H]S.[2H]S.[H-].[H-].[K+].[K+]. The largest absolute Gasteiger partial charge is 1.00 e. The molecule has 0 radical (unpaired) electrons.